The molecule has 0 saturated heterocycles. The van der Waals surface area contributed by atoms with Gasteiger partial charge in [0.25, 0.3) is 5.91 Å². The Kier molecular flexibility index (Phi) is 4.77. The van der Waals surface area contributed by atoms with Crippen molar-refractivity contribution in [3.63, 3.8) is 0 Å². The fourth-order valence-corrected chi connectivity index (χ4v) is 1.06. The summed E-state index contributed by atoms with van der Waals surface area (Å²) in [7, 11) is 0. The second-order valence-corrected chi connectivity index (χ2v) is 3.42. The van der Waals surface area contributed by atoms with E-state index in [1.54, 1.807) is 24.5 Å². The van der Waals surface area contributed by atoms with Gasteiger partial charge in [0.1, 0.15) is 0 Å². The van der Waals surface area contributed by atoms with Gasteiger partial charge in [-0.15, -0.1) is 0 Å². The summed E-state index contributed by atoms with van der Waals surface area (Å²) in [6.45, 7) is 4.97. The van der Waals surface area contributed by atoms with Crippen LogP contribution in [-0.4, -0.2) is 30.1 Å². The fourth-order valence-electron chi connectivity index (χ4n) is 1.06. The summed E-state index contributed by atoms with van der Waals surface area (Å²) in [6.07, 6.45) is 3.37. The molecule has 15 heavy (non-hydrogen) atoms. The van der Waals surface area contributed by atoms with E-state index in [1.165, 1.54) is 0 Å². The Balaban J connectivity index is 2.25. The number of amides is 1. The van der Waals surface area contributed by atoms with Crippen LogP contribution in [0.1, 0.15) is 24.2 Å². The largest absolute Gasteiger partial charge is 0.377 e. The van der Waals surface area contributed by atoms with E-state index in [2.05, 4.69) is 10.3 Å². The molecular formula is C11H16N2O2. The van der Waals surface area contributed by atoms with Gasteiger partial charge >= 0.3 is 0 Å². The molecule has 1 rings (SSSR count). The van der Waals surface area contributed by atoms with Crippen LogP contribution in [0.2, 0.25) is 0 Å². The van der Waals surface area contributed by atoms with Crippen molar-refractivity contribution in [2.24, 2.45) is 0 Å². The van der Waals surface area contributed by atoms with Gasteiger partial charge in [-0.3, -0.25) is 9.78 Å². The third-order valence-electron chi connectivity index (χ3n) is 1.76. The number of aromatic nitrogens is 1. The zero-order chi connectivity index (χ0) is 11.1. The Bertz CT molecular complexity index is 299. The lowest BCUT2D eigenvalue weighted by molar-refractivity contribution is 0.0746. The van der Waals surface area contributed by atoms with E-state index in [0.717, 1.165) is 0 Å². The first-order valence-electron chi connectivity index (χ1n) is 5.00. The van der Waals surface area contributed by atoms with Crippen LogP contribution in [-0.2, 0) is 4.74 Å². The maximum Gasteiger partial charge on any atom is 0.252 e. The predicted octanol–water partition coefficient (Wildman–Crippen LogP) is 1.24. The Morgan fingerprint density at radius 3 is 3.00 bits per heavy atom. The van der Waals surface area contributed by atoms with Crippen molar-refractivity contribution < 1.29 is 9.53 Å². The van der Waals surface area contributed by atoms with Gasteiger partial charge in [0.15, 0.2) is 0 Å². The number of ether oxygens (including phenoxy) is 1. The zero-order valence-corrected chi connectivity index (χ0v) is 9.06. The molecule has 0 aliphatic heterocycles. The highest BCUT2D eigenvalue weighted by Gasteiger charge is 2.03. The lowest BCUT2D eigenvalue weighted by Gasteiger charge is -2.08. The molecule has 0 aliphatic rings. The number of rotatable bonds is 5. The summed E-state index contributed by atoms with van der Waals surface area (Å²) in [5.74, 6) is -0.115. The van der Waals surface area contributed by atoms with E-state index >= 15 is 0 Å². The molecule has 0 unspecified atom stereocenters. The Morgan fingerprint density at radius 2 is 2.40 bits per heavy atom. The van der Waals surface area contributed by atoms with Crippen molar-refractivity contribution in [3.8, 4) is 0 Å². The SMILES string of the molecule is CC(C)OCCNC(=O)c1cccnc1. The van der Waals surface area contributed by atoms with E-state index < -0.39 is 0 Å². The molecule has 0 atom stereocenters. The van der Waals surface area contributed by atoms with Crippen LogP contribution in [0.4, 0.5) is 0 Å². The molecular weight excluding hydrogens is 192 g/mol. The molecule has 1 heterocycles. The summed E-state index contributed by atoms with van der Waals surface area (Å²) in [4.78, 5) is 15.4. The molecule has 0 saturated carbocycles. The highest BCUT2D eigenvalue weighted by Crippen LogP contribution is 1.94. The minimum absolute atomic E-state index is 0.115. The molecule has 1 N–H and O–H groups in total. The van der Waals surface area contributed by atoms with E-state index in [1.807, 2.05) is 13.8 Å². The van der Waals surface area contributed by atoms with Crippen molar-refractivity contribution in [2.45, 2.75) is 20.0 Å². The summed E-state index contributed by atoms with van der Waals surface area (Å²) in [5, 5.41) is 2.75. The molecule has 1 amide bonds. The molecule has 0 spiro atoms. The Labute approximate surface area is 89.7 Å². The number of carbonyl (C=O) groups excluding carboxylic acids is 1. The van der Waals surface area contributed by atoms with Gasteiger partial charge in [-0.1, -0.05) is 0 Å². The van der Waals surface area contributed by atoms with Crippen molar-refractivity contribution in [2.75, 3.05) is 13.2 Å². The van der Waals surface area contributed by atoms with Crippen LogP contribution in [0, 0.1) is 0 Å². The van der Waals surface area contributed by atoms with Crippen LogP contribution in [0.3, 0.4) is 0 Å². The molecule has 1 aromatic rings. The first-order chi connectivity index (χ1) is 7.20. The maximum atomic E-state index is 11.5. The summed E-state index contributed by atoms with van der Waals surface area (Å²) in [6, 6.07) is 3.46. The number of nitrogens with one attached hydrogen (secondary N) is 1. The normalized spacial score (nSPS) is 10.3. The van der Waals surface area contributed by atoms with E-state index in [4.69, 9.17) is 4.74 Å². The van der Waals surface area contributed by atoms with Crippen LogP contribution in [0.5, 0.6) is 0 Å². The smallest absolute Gasteiger partial charge is 0.252 e. The van der Waals surface area contributed by atoms with E-state index in [9.17, 15) is 4.79 Å². The number of carbonyl (C=O) groups is 1. The molecule has 0 bridgehead atoms. The minimum atomic E-state index is -0.115. The first-order valence-corrected chi connectivity index (χ1v) is 5.00. The Morgan fingerprint density at radius 1 is 1.60 bits per heavy atom. The average molecular weight is 208 g/mol. The van der Waals surface area contributed by atoms with Crippen LogP contribution in [0.25, 0.3) is 0 Å². The van der Waals surface area contributed by atoms with Crippen LogP contribution >= 0.6 is 0 Å². The van der Waals surface area contributed by atoms with Crippen molar-refractivity contribution in [1.29, 1.82) is 0 Å². The third-order valence-corrected chi connectivity index (χ3v) is 1.76. The van der Waals surface area contributed by atoms with Gasteiger partial charge in [-0.2, -0.15) is 0 Å². The predicted molar refractivity (Wildman–Crippen MR) is 57.7 cm³/mol. The number of pyridine rings is 1. The molecule has 4 nitrogen and oxygen atoms in total. The highest BCUT2D eigenvalue weighted by molar-refractivity contribution is 5.93. The number of nitrogens with zero attached hydrogens (tertiary/aromatic N) is 1. The highest BCUT2D eigenvalue weighted by atomic mass is 16.5. The van der Waals surface area contributed by atoms with E-state index in [-0.39, 0.29) is 12.0 Å². The summed E-state index contributed by atoms with van der Waals surface area (Å²) >= 11 is 0. The van der Waals surface area contributed by atoms with Crippen molar-refractivity contribution in [1.82, 2.24) is 10.3 Å². The monoisotopic (exact) mass is 208 g/mol. The second-order valence-electron chi connectivity index (χ2n) is 3.42. The minimum Gasteiger partial charge on any atom is -0.377 e. The molecule has 82 valence electrons. The van der Waals surface area contributed by atoms with Gasteiger partial charge in [-0.25, -0.2) is 0 Å². The molecule has 4 heteroatoms. The average Bonchev–Trinajstić information content (AvgIpc) is 2.25. The quantitative estimate of drug-likeness (QED) is 0.740. The van der Waals surface area contributed by atoms with Gasteiger partial charge in [0.2, 0.25) is 0 Å². The topological polar surface area (TPSA) is 51.2 Å². The van der Waals surface area contributed by atoms with Crippen LogP contribution in [0.15, 0.2) is 24.5 Å². The summed E-state index contributed by atoms with van der Waals surface area (Å²) in [5.41, 5.74) is 0.571. The zero-order valence-electron chi connectivity index (χ0n) is 9.06. The van der Waals surface area contributed by atoms with Crippen molar-refractivity contribution >= 4 is 5.91 Å². The van der Waals surface area contributed by atoms with Gasteiger partial charge in [0, 0.05) is 18.9 Å². The molecule has 0 radical (unpaired) electrons. The number of hydrogen-bond donors (Lipinski definition) is 1. The lowest BCUT2D eigenvalue weighted by Crippen LogP contribution is -2.28. The van der Waals surface area contributed by atoms with E-state index in [0.29, 0.717) is 18.7 Å². The maximum absolute atomic E-state index is 11.5. The van der Waals surface area contributed by atoms with Crippen molar-refractivity contribution in [3.05, 3.63) is 30.1 Å². The third kappa shape index (κ3) is 4.56. The summed E-state index contributed by atoms with van der Waals surface area (Å²) < 4.78 is 5.30. The number of hydrogen-bond acceptors (Lipinski definition) is 3. The second kappa shape index (κ2) is 6.14. The van der Waals surface area contributed by atoms with Gasteiger partial charge < -0.3 is 10.1 Å². The fraction of sp³-hybridized carbons (Fsp3) is 0.455. The van der Waals surface area contributed by atoms with Gasteiger partial charge in [-0.05, 0) is 26.0 Å². The lowest BCUT2D eigenvalue weighted by atomic mass is 10.3. The molecule has 0 fully saturated rings. The first kappa shape index (κ1) is 11.7. The molecule has 0 aliphatic carbocycles. The Hall–Kier alpha value is -1.42. The molecule has 1 aromatic heterocycles. The van der Waals surface area contributed by atoms with Gasteiger partial charge in [0.05, 0.1) is 18.3 Å². The van der Waals surface area contributed by atoms with Crippen LogP contribution < -0.4 is 5.32 Å². The standard InChI is InChI=1S/C11H16N2O2/c1-9(2)15-7-6-13-11(14)10-4-3-5-12-8-10/h3-5,8-9H,6-7H2,1-2H3,(H,13,14). The molecule has 0 aromatic carbocycles.